The van der Waals surface area contributed by atoms with Gasteiger partial charge in [0.05, 0.1) is 0 Å². The van der Waals surface area contributed by atoms with E-state index in [-0.39, 0.29) is 24.7 Å². The minimum Gasteiger partial charge on any atom is -0.326 e. The largest absolute Gasteiger partial charge is 0.326 e. The zero-order valence-electron chi connectivity index (χ0n) is 18.3. The molecule has 0 unspecified atom stereocenters. The number of carbonyl (C=O) groups is 4. The van der Waals surface area contributed by atoms with Gasteiger partial charge in [0.25, 0.3) is 0 Å². The van der Waals surface area contributed by atoms with E-state index in [1.165, 1.54) is 0 Å². The fourth-order valence-electron chi connectivity index (χ4n) is 3.05. The Labute approximate surface area is 188 Å². The summed E-state index contributed by atoms with van der Waals surface area (Å²) < 4.78 is 0. The van der Waals surface area contributed by atoms with Crippen LogP contribution in [0, 0.1) is 0 Å². The minimum absolute atomic E-state index is 0.0913. The Morgan fingerprint density at radius 3 is 1.06 bits per heavy atom. The predicted octanol–water partition coefficient (Wildman–Crippen LogP) is 3.26. The molecule has 32 heavy (non-hydrogen) atoms. The summed E-state index contributed by atoms with van der Waals surface area (Å²) in [6.45, 7) is 0. The molecule has 0 saturated heterocycles. The highest BCUT2D eigenvalue weighted by molar-refractivity contribution is 5.92. The second-order valence-corrected chi connectivity index (χ2v) is 7.57. The average molecular weight is 451 g/mol. The van der Waals surface area contributed by atoms with Gasteiger partial charge in [0, 0.05) is 37.1 Å². The van der Waals surface area contributed by atoms with Crippen LogP contribution in [0.1, 0.15) is 77.0 Å². The van der Waals surface area contributed by atoms with Crippen molar-refractivity contribution in [3.05, 3.63) is 24.3 Å². The molecule has 0 radical (unpaired) electrons. The van der Waals surface area contributed by atoms with Gasteiger partial charge >= 0.3 is 0 Å². The second-order valence-electron chi connectivity index (χ2n) is 7.57. The van der Waals surface area contributed by atoms with Crippen LogP contribution in [0.4, 0.5) is 11.4 Å². The van der Waals surface area contributed by atoms with Gasteiger partial charge in [-0.15, -0.1) is 0 Å². The van der Waals surface area contributed by atoms with Gasteiger partial charge in [0.2, 0.25) is 23.6 Å². The van der Waals surface area contributed by atoms with Crippen molar-refractivity contribution < 1.29 is 29.6 Å². The minimum atomic E-state index is -0.399. The topological polar surface area (TPSA) is 157 Å². The molecule has 0 heterocycles. The van der Waals surface area contributed by atoms with Crippen molar-refractivity contribution in [2.24, 2.45) is 0 Å². The number of benzene rings is 1. The Kier molecular flexibility index (Phi) is 14.1. The molecule has 4 amide bonds. The molecular weight excluding hydrogens is 416 g/mol. The molecule has 0 fully saturated rings. The molecule has 0 aromatic heterocycles. The highest BCUT2D eigenvalue weighted by Gasteiger charge is 2.06. The molecule has 0 saturated carbocycles. The van der Waals surface area contributed by atoms with Crippen molar-refractivity contribution >= 4 is 35.0 Å². The predicted molar refractivity (Wildman–Crippen MR) is 119 cm³/mol. The van der Waals surface area contributed by atoms with Gasteiger partial charge in [-0.2, -0.15) is 0 Å². The third-order valence-electron chi connectivity index (χ3n) is 4.82. The zero-order chi connectivity index (χ0) is 23.6. The van der Waals surface area contributed by atoms with Crippen LogP contribution in [0.5, 0.6) is 0 Å². The van der Waals surface area contributed by atoms with Crippen LogP contribution in [0.2, 0.25) is 0 Å². The highest BCUT2D eigenvalue weighted by atomic mass is 16.5. The molecule has 1 aromatic rings. The first-order chi connectivity index (χ1) is 15.4. The lowest BCUT2D eigenvalue weighted by atomic mass is 10.1. The van der Waals surface area contributed by atoms with Crippen molar-refractivity contribution in [1.29, 1.82) is 0 Å². The molecule has 10 heteroatoms. The van der Waals surface area contributed by atoms with Gasteiger partial charge in [0.1, 0.15) is 0 Å². The molecule has 0 spiro atoms. The van der Waals surface area contributed by atoms with Crippen LogP contribution in [0.25, 0.3) is 0 Å². The average Bonchev–Trinajstić information content (AvgIpc) is 2.79. The number of hydroxylamine groups is 2. The van der Waals surface area contributed by atoms with Crippen LogP contribution in [-0.4, -0.2) is 34.0 Å². The molecule has 0 aliphatic rings. The van der Waals surface area contributed by atoms with Crippen molar-refractivity contribution in [2.45, 2.75) is 77.0 Å². The molecule has 0 aliphatic carbocycles. The third kappa shape index (κ3) is 13.3. The Morgan fingerprint density at radius 2 is 0.781 bits per heavy atom. The quantitative estimate of drug-likeness (QED) is 0.129. The van der Waals surface area contributed by atoms with Gasteiger partial charge in [-0.1, -0.05) is 25.7 Å². The maximum Gasteiger partial charge on any atom is 0.243 e. The summed E-state index contributed by atoms with van der Waals surface area (Å²) in [5.41, 5.74) is 4.49. The molecule has 0 atom stereocenters. The number of rotatable bonds is 16. The van der Waals surface area contributed by atoms with Crippen molar-refractivity contribution in [2.75, 3.05) is 10.6 Å². The van der Waals surface area contributed by atoms with E-state index in [2.05, 4.69) is 10.6 Å². The van der Waals surface area contributed by atoms with E-state index in [1.807, 2.05) is 0 Å². The van der Waals surface area contributed by atoms with Gasteiger partial charge in [-0.25, -0.2) is 11.0 Å². The monoisotopic (exact) mass is 450 g/mol. The first kappa shape index (κ1) is 27.1. The second kappa shape index (κ2) is 16.7. The van der Waals surface area contributed by atoms with E-state index in [4.69, 9.17) is 10.4 Å². The number of hydrogen-bond donors (Lipinski definition) is 6. The molecule has 0 aliphatic heterocycles. The van der Waals surface area contributed by atoms with Gasteiger partial charge < -0.3 is 10.6 Å². The summed E-state index contributed by atoms with van der Waals surface area (Å²) in [6, 6.07) is 6.92. The SMILES string of the molecule is O=C(CCCCCCC(=O)Nc1ccc(NC(=O)CCCCCCC(=O)NO)cc1)NO. The first-order valence-corrected chi connectivity index (χ1v) is 11.0. The summed E-state index contributed by atoms with van der Waals surface area (Å²) >= 11 is 0. The van der Waals surface area contributed by atoms with Crippen LogP contribution >= 0.6 is 0 Å². The summed E-state index contributed by atoms with van der Waals surface area (Å²) in [7, 11) is 0. The Morgan fingerprint density at radius 1 is 0.500 bits per heavy atom. The van der Waals surface area contributed by atoms with Gasteiger partial charge in [0.15, 0.2) is 0 Å². The molecular formula is C22H34N4O6. The molecule has 178 valence electrons. The lowest BCUT2D eigenvalue weighted by molar-refractivity contribution is -0.130. The molecule has 6 N–H and O–H groups in total. The summed E-state index contributed by atoms with van der Waals surface area (Å²) in [4.78, 5) is 45.8. The van der Waals surface area contributed by atoms with Gasteiger partial charge in [-0.3, -0.25) is 29.6 Å². The summed E-state index contributed by atoms with van der Waals surface area (Å²) in [5.74, 6) is -0.980. The Bertz CT molecular complexity index is 663. The maximum absolute atomic E-state index is 12.0. The number of hydrogen-bond acceptors (Lipinski definition) is 6. The number of nitrogens with one attached hydrogen (secondary N) is 4. The number of unbranched alkanes of at least 4 members (excludes halogenated alkanes) is 6. The number of amides is 4. The van der Waals surface area contributed by atoms with Crippen molar-refractivity contribution in [3.63, 3.8) is 0 Å². The maximum atomic E-state index is 12.0. The smallest absolute Gasteiger partial charge is 0.243 e. The fraction of sp³-hybridized carbons (Fsp3) is 0.545. The molecule has 1 aromatic carbocycles. The van der Waals surface area contributed by atoms with E-state index >= 15 is 0 Å². The lowest BCUT2D eigenvalue weighted by Crippen LogP contribution is -2.17. The number of carbonyl (C=O) groups excluding carboxylic acids is 4. The first-order valence-electron chi connectivity index (χ1n) is 11.0. The van der Waals surface area contributed by atoms with Crippen LogP contribution < -0.4 is 21.6 Å². The fourth-order valence-corrected chi connectivity index (χ4v) is 3.05. The molecule has 0 bridgehead atoms. The van der Waals surface area contributed by atoms with Crippen LogP contribution in [0.15, 0.2) is 24.3 Å². The number of anilines is 2. The van der Waals surface area contributed by atoms with Crippen molar-refractivity contribution in [1.82, 2.24) is 11.0 Å². The molecule has 10 nitrogen and oxygen atoms in total. The van der Waals surface area contributed by atoms with E-state index in [1.54, 1.807) is 35.2 Å². The van der Waals surface area contributed by atoms with E-state index in [0.29, 0.717) is 37.1 Å². The summed E-state index contributed by atoms with van der Waals surface area (Å²) in [5, 5.41) is 22.4. The van der Waals surface area contributed by atoms with Crippen molar-refractivity contribution in [3.8, 4) is 0 Å². The Balaban J connectivity index is 2.16. The summed E-state index contributed by atoms with van der Waals surface area (Å²) in [6.07, 6.45) is 7.38. The zero-order valence-corrected chi connectivity index (χ0v) is 18.3. The third-order valence-corrected chi connectivity index (χ3v) is 4.82. The van der Waals surface area contributed by atoms with Crippen LogP contribution in [0.3, 0.4) is 0 Å². The molecule has 1 rings (SSSR count). The normalized spacial score (nSPS) is 10.3. The lowest BCUT2D eigenvalue weighted by Gasteiger charge is -2.08. The Hall–Kier alpha value is -2.98. The van der Waals surface area contributed by atoms with Crippen LogP contribution in [-0.2, 0) is 19.2 Å². The van der Waals surface area contributed by atoms with E-state index in [9.17, 15) is 19.2 Å². The van der Waals surface area contributed by atoms with E-state index in [0.717, 1.165) is 38.5 Å². The standard InChI is InChI=1S/C22H34N4O6/c27-19(9-5-1-3-7-11-21(29)25-31)23-17-13-15-18(16-14-17)24-20(28)10-6-2-4-8-12-22(30)26-32/h13-16,31-32H,1-12H2,(H,23,27)(H,24,28)(H,25,29)(H,26,30). The van der Waals surface area contributed by atoms with E-state index < -0.39 is 11.8 Å². The van der Waals surface area contributed by atoms with Gasteiger partial charge in [-0.05, 0) is 49.9 Å². The highest BCUT2D eigenvalue weighted by Crippen LogP contribution is 2.15.